The SMILES string of the molecule is COc1ccc(-c2ccc(COI)c(C)c2)c(C(F)(F)F)c1. The van der Waals surface area contributed by atoms with Crippen molar-refractivity contribution in [2.45, 2.75) is 19.7 Å². The highest BCUT2D eigenvalue weighted by atomic mass is 127. The molecule has 0 amide bonds. The zero-order chi connectivity index (χ0) is 16.3. The molecule has 2 aromatic carbocycles. The molecule has 118 valence electrons. The molecule has 22 heavy (non-hydrogen) atoms. The standard InChI is InChI=1S/C16H14F3IO2/c1-10-7-11(3-4-12(10)9-22-20)14-6-5-13(21-2)8-15(14)16(17,18)19/h3-8H,9H2,1-2H3. The second-order valence-corrected chi connectivity index (χ2v) is 5.43. The van der Waals surface area contributed by atoms with Crippen LogP contribution in [0.3, 0.4) is 0 Å². The molecule has 0 aromatic heterocycles. The summed E-state index contributed by atoms with van der Waals surface area (Å²) in [6.07, 6.45) is -4.44. The van der Waals surface area contributed by atoms with Crippen LogP contribution < -0.4 is 4.74 Å². The van der Waals surface area contributed by atoms with Crippen molar-refractivity contribution >= 4 is 23.0 Å². The second-order valence-electron chi connectivity index (χ2n) is 4.80. The van der Waals surface area contributed by atoms with Crippen LogP contribution in [0.1, 0.15) is 16.7 Å². The maximum Gasteiger partial charge on any atom is 0.417 e. The second kappa shape index (κ2) is 6.87. The summed E-state index contributed by atoms with van der Waals surface area (Å²) < 4.78 is 49.8. The fourth-order valence-corrected chi connectivity index (χ4v) is 2.56. The van der Waals surface area contributed by atoms with Crippen molar-refractivity contribution in [2.24, 2.45) is 0 Å². The van der Waals surface area contributed by atoms with Gasteiger partial charge in [-0.3, -0.25) is 0 Å². The molecule has 0 aliphatic heterocycles. The van der Waals surface area contributed by atoms with Crippen LogP contribution in [0.2, 0.25) is 0 Å². The summed E-state index contributed by atoms with van der Waals surface area (Å²) in [6, 6.07) is 9.18. The molecule has 0 saturated carbocycles. The van der Waals surface area contributed by atoms with Crippen molar-refractivity contribution in [2.75, 3.05) is 7.11 Å². The van der Waals surface area contributed by atoms with Crippen molar-refractivity contribution in [1.82, 2.24) is 0 Å². The van der Waals surface area contributed by atoms with Crippen LogP contribution in [0.5, 0.6) is 5.75 Å². The Bertz CT molecular complexity index is 669. The lowest BCUT2D eigenvalue weighted by Gasteiger charge is -2.15. The average molecular weight is 422 g/mol. The summed E-state index contributed by atoms with van der Waals surface area (Å²) in [5, 5.41) is 0. The molecule has 0 heterocycles. The van der Waals surface area contributed by atoms with Gasteiger partial charge in [-0.15, -0.1) is 0 Å². The lowest BCUT2D eigenvalue weighted by Crippen LogP contribution is -2.07. The third-order valence-corrected chi connectivity index (χ3v) is 3.71. The predicted octanol–water partition coefficient (Wildman–Crippen LogP) is 5.56. The Balaban J connectivity index is 2.55. The molecule has 0 bridgehead atoms. The summed E-state index contributed by atoms with van der Waals surface area (Å²) in [4.78, 5) is 0. The monoisotopic (exact) mass is 422 g/mol. The maximum atomic E-state index is 13.3. The Kier molecular flexibility index (Phi) is 5.33. The van der Waals surface area contributed by atoms with Crippen molar-refractivity contribution in [3.8, 4) is 16.9 Å². The van der Waals surface area contributed by atoms with Crippen LogP contribution >= 0.6 is 23.0 Å². The fraction of sp³-hybridized carbons (Fsp3) is 0.250. The normalized spacial score (nSPS) is 11.5. The van der Waals surface area contributed by atoms with E-state index in [1.54, 1.807) is 41.2 Å². The number of aryl methyl sites for hydroxylation is 1. The van der Waals surface area contributed by atoms with Crippen molar-refractivity contribution in [3.05, 3.63) is 53.1 Å². The lowest BCUT2D eigenvalue weighted by molar-refractivity contribution is -0.137. The van der Waals surface area contributed by atoms with Gasteiger partial charge in [-0.1, -0.05) is 24.3 Å². The number of methoxy groups -OCH3 is 1. The number of ether oxygens (including phenoxy) is 1. The summed E-state index contributed by atoms with van der Waals surface area (Å²) in [5.41, 5.74) is 1.78. The van der Waals surface area contributed by atoms with Crippen LogP contribution in [0.4, 0.5) is 13.2 Å². The fourth-order valence-electron chi connectivity index (χ4n) is 2.22. The first kappa shape index (κ1) is 17.1. The summed E-state index contributed by atoms with van der Waals surface area (Å²) >= 11 is 1.79. The van der Waals surface area contributed by atoms with E-state index in [1.165, 1.54) is 19.2 Å². The molecule has 0 fully saturated rings. The molecule has 2 aromatic rings. The highest BCUT2D eigenvalue weighted by molar-refractivity contribution is 14.1. The number of benzene rings is 2. The molecule has 0 spiro atoms. The molecular weight excluding hydrogens is 408 g/mol. The Morgan fingerprint density at radius 2 is 1.82 bits per heavy atom. The van der Waals surface area contributed by atoms with Crippen LogP contribution in [0, 0.1) is 6.92 Å². The molecule has 0 saturated heterocycles. The van der Waals surface area contributed by atoms with Gasteiger partial charge in [-0.25, -0.2) is 0 Å². The van der Waals surface area contributed by atoms with Gasteiger partial charge >= 0.3 is 6.18 Å². The quantitative estimate of drug-likeness (QED) is 0.602. The number of hydrogen-bond acceptors (Lipinski definition) is 2. The van der Waals surface area contributed by atoms with Crippen LogP contribution in [0.15, 0.2) is 36.4 Å². The van der Waals surface area contributed by atoms with E-state index in [1.807, 2.05) is 6.92 Å². The Labute approximate surface area is 140 Å². The first-order valence-electron chi connectivity index (χ1n) is 6.45. The minimum absolute atomic E-state index is 0.137. The highest BCUT2D eigenvalue weighted by Gasteiger charge is 2.34. The van der Waals surface area contributed by atoms with E-state index in [0.29, 0.717) is 12.2 Å². The van der Waals surface area contributed by atoms with Crippen LogP contribution in [0.25, 0.3) is 11.1 Å². The molecule has 6 heteroatoms. The van der Waals surface area contributed by atoms with Crippen LogP contribution in [-0.2, 0) is 15.8 Å². The topological polar surface area (TPSA) is 18.5 Å². The summed E-state index contributed by atoms with van der Waals surface area (Å²) in [7, 11) is 1.35. The smallest absolute Gasteiger partial charge is 0.417 e. The first-order valence-corrected chi connectivity index (χ1v) is 7.33. The van der Waals surface area contributed by atoms with Gasteiger partial charge in [0, 0.05) is 0 Å². The molecule has 0 radical (unpaired) electrons. The summed E-state index contributed by atoms with van der Waals surface area (Å²) in [6.45, 7) is 2.27. The van der Waals surface area contributed by atoms with E-state index < -0.39 is 11.7 Å². The van der Waals surface area contributed by atoms with Crippen molar-refractivity contribution < 1.29 is 21.0 Å². The Morgan fingerprint density at radius 3 is 2.36 bits per heavy atom. The predicted molar refractivity (Wildman–Crippen MR) is 87.0 cm³/mol. The number of halogens is 4. The van der Waals surface area contributed by atoms with Gasteiger partial charge in [-0.05, 0) is 41.3 Å². The zero-order valence-electron chi connectivity index (χ0n) is 12.0. The average Bonchev–Trinajstić information content (AvgIpc) is 2.48. The summed E-state index contributed by atoms with van der Waals surface area (Å²) in [5.74, 6) is 0.183. The number of rotatable bonds is 4. The molecule has 0 unspecified atom stereocenters. The Morgan fingerprint density at radius 1 is 1.09 bits per heavy atom. The van der Waals surface area contributed by atoms with Gasteiger partial charge in [0.2, 0.25) is 0 Å². The van der Waals surface area contributed by atoms with E-state index in [-0.39, 0.29) is 11.3 Å². The molecule has 0 aliphatic rings. The van der Waals surface area contributed by atoms with Crippen molar-refractivity contribution in [3.63, 3.8) is 0 Å². The molecule has 0 N–H and O–H groups in total. The highest BCUT2D eigenvalue weighted by Crippen LogP contribution is 2.39. The number of alkyl halides is 3. The third kappa shape index (κ3) is 3.73. The van der Waals surface area contributed by atoms with E-state index >= 15 is 0 Å². The van der Waals surface area contributed by atoms with Gasteiger partial charge in [-0.2, -0.15) is 13.2 Å². The molecule has 2 rings (SSSR count). The van der Waals surface area contributed by atoms with E-state index in [9.17, 15) is 13.2 Å². The first-order chi connectivity index (χ1) is 10.4. The molecule has 2 nitrogen and oxygen atoms in total. The Hall–Kier alpha value is -1.28. The minimum atomic E-state index is -4.44. The van der Waals surface area contributed by atoms with Gasteiger partial charge in [0.25, 0.3) is 0 Å². The van der Waals surface area contributed by atoms with Gasteiger partial charge < -0.3 is 7.80 Å². The minimum Gasteiger partial charge on any atom is -0.497 e. The van der Waals surface area contributed by atoms with E-state index in [0.717, 1.165) is 17.2 Å². The molecule has 0 aliphatic carbocycles. The molecule has 0 atom stereocenters. The third-order valence-electron chi connectivity index (χ3n) is 3.40. The molecular formula is C16H14F3IO2. The lowest BCUT2D eigenvalue weighted by atomic mass is 9.96. The van der Waals surface area contributed by atoms with E-state index in [2.05, 4.69) is 0 Å². The zero-order valence-corrected chi connectivity index (χ0v) is 14.2. The van der Waals surface area contributed by atoms with Gasteiger partial charge in [0.05, 0.1) is 19.3 Å². The van der Waals surface area contributed by atoms with Crippen LogP contribution in [-0.4, -0.2) is 7.11 Å². The number of hydrogen-bond donors (Lipinski definition) is 0. The van der Waals surface area contributed by atoms with Gasteiger partial charge in [0.15, 0.2) is 0 Å². The van der Waals surface area contributed by atoms with E-state index in [4.69, 9.17) is 7.80 Å². The van der Waals surface area contributed by atoms with Crippen molar-refractivity contribution in [1.29, 1.82) is 0 Å². The van der Waals surface area contributed by atoms with Gasteiger partial charge in [0.1, 0.15) is 28.8 Å². The largest absolute Gasteiger partial charge is 0.497 e. The maximum absolute atomic E-state index is 13.3.